The van der Waals surface area contributed by atoms with Gasteiger partial charge in [0.15, 0.2) is 0 Å². The Hall–Kier alpha value is -0.0151. The molecule has 0 aliphatic heterocycles. The zero-order valence-corrected chi connectivity index (χ0v) is 5.33. The van der Waals surface area contributed by atoms with E-state index in [1.54, 1.807) is 0 Å². The largest absolute Gasteiger partial charge is 0.396 e. The number of hydrogen-bond donors (Lipinski definition) is 2. The Morgan fingerprint density at radius 2 is 2.11 bits per heavy atom. The molecule has 3 heteroatoms. The van der Waals surface area contributed by atoms with E-state index in [-0.39, 0.29) is 24.4 Å². The molecule has 0 aromatic heterocycles. The first-order chi connectivity index (χ1) is 4.25. The minimum atomic E-state index is -0.370. The maximum absolute atomic E-state index is 9.12. The van der Waals surface area contributed by atoms with Gasteiger partial charge in [-0.15, -0.1) is 0 Å². The summed E-state index contributed by atoms with van der Waals surface area (Å²) in [6.45, 7) is 0.0162. The van der Waals surface area contributed by atoms with Crippen LogP contribution in [0.3, 0.4) is 0 Å². The van der Waals surface area contributed by atoms with E-state index < -0.39 is 0 Å². The van der Waals surface area contributed by atoms with E-state index in [4.69, 9.17) is 18.1 Å². The van der Waals surface area contributed by atoms with Crippen LogP contribution in [0.25, 0.3) is 0 Å². The molecule has 1 aliphatic carbocycles. The highest BCUT2D eigenvalue weighted by Gasteiger charge is 2.30. The van der Waals surface area contributed by atoms with Crippen LogP contribution in [-0.4, -0.2) is 30.8 Å². The highest BCUT2D eigenvalue weighted by atomic mass is 16.3. The normalized spacial score (nSPS) is 43.6. The number of rotatable bonds is 1. The molecule has 0 aromatic carbocycles. The van der Waals surface area contributed by atoms with Crippen LogP contribution in [0.4, 0.5) is 0 Å². The first-order valence-corrected chi connectivity index (χ1v) is 3.30. The van der Waals surface area contributed by atoms with Gasteiger partial charge in [0.05, 0.1) is 14.0 Å². The molecule has 1 aliphatic rings. The molecular formula is C6H11BO2. The zero-order valence-electron chi connectivity index (χ0n) is 5.33. The van der Waals surface area contributed by atoms with Crippen molar-refractivity contribution in [3.8, 4) is 0 Å². The number of aliphatic hydroxyl groups is 2. The van der Waals surface area contributed by atoms with E-state index in [0.29, 0.717) is 0 Å². The van der Waals surface area contributed by atoms with Crippen LogP contribution in [0.5, 0.6) is 0 Å². The zero-order chi connectivity index (χ0) is 6.85. The fraction of sp³-hybridized carbons (Fsp3) is 1.00. The molecule has 0 bridgehead atoms. The van der Waals surface area contributed by atoms with Crippen LogP contribution >= 0.6 is 0 Å². The third kappa shape index (κ3) is 1.27. The molecule has 2 N–H and O–H groups in total. The van der Waals surface area contributed by atoms with Gasteiger partial charge in [-0.25, -0.2) is 0 Å². The molecule has 3 atom stereocenters. The lowest BCUT2D eigenvalue weighted by Gasteiger charge is -2.14. The van der Waals surface area contributed by atoms with E-state index in [1.165, 1.54) is 0 Å². The molecule has 2 nitrogen and oxygen atoms in total. The van der Waals surface area contributed by atoms with E-state index in [9.17, 15) is 0 Å². The predicted octanol–water partition coefficient (Wildman–Crippen LogP) is -0.293. The summed E-state index contributed by atoms with van der Waals surface area (Å²) in [6, 6.07) is 0. The molecule has 1 fully saturated rings. The van der Waals surface area contributed by atoms with Crippen molar-refractivity contribution in [2.75, 3.05) is 6.61 Å². The standard InChI is InChI=1S/C6H11BO2/c7-5-1-2-6(9)4(5)3-8/h4-6,8-9H,1-3H2. The van der Waals surface area contributed by atoms with E-state index in [0.717, 1.165) is 12.8 Å². The third-order valence-electron chi connectivity index (χ3n) is 2.05. The Balaban J connectivity index is 2.44. The van der Waals surface area contributed by atoms with Gasteiger partial charge >= 0.3 is 0 Å². The molecule has 0 heterocycles. The van der Waals surface area contributed by atoms with Crippen molar-refractivity contribution in [2.24, 2.45) is 5.92 Å². The summed E-state index contributed by atoms with van der Waals surface area (Å²) in [6.07, 6.45) is 1.21. The monoisotopic (exact) mass is 126 g/mol. The quantitative estimate of drug-likeness (QED) is 0.474. The van der Waals surface area contributed by atoms with Crippen molar-refractivity contribution in [1.82, 2.24) is 0 Å². The molecular weight excluding hydrogens is 115 g/mol. The van der Waals surface area contributed by atoms with Crippen LogP contribution in [0, 0.1) is 5.92 Å². The summed E-state index contributed by atoms with van der Waals surface area (Å²) >= 11 is 0. The van der Waals surface area contributed by atoms with Crippen LogP contribution < -0.4 is 0 Å². The van der Waals surface area contributed by atoms with Crippen molar-refractivity contribution < 1.29 is 10.2 Å². The average molecular weight is 126 g/mol. The Kier molecular flexibility index (Phi) is 2.14. The average Bonchev–Trinajstić information content (AvgIpc) is 2.12. The second-order valence-corrected chi connectivity index (χ2v) is 2.65. The molecule has 0 spiro atoms. The molecule has 1 rings (SSSR count). The Bertz CT molecular complexity index is 87.1. The summed E-state index contributed by atoms with van der Waals surface area (Å²) in [5.41, 5.74) is 0. The molecule has 0 amide bonds. The SMILES string of the molecule is [B]C1CCC(O)C1CO. The summed E-state index contributed by atoms with van der Waals surface area (Å²) in [7, 11) is 5.56. The Morgan fingerprint density at radius 3 is 2.33 bits per heavy atom. The minimum absolute atomic E-state index is 0.00463. The highest BCUT2D eigenvalue weighted by Crippen LogP contribution is 2.33. The first kappa shape index (κ1) is 7.10. The summed E-state index contributed by atoms with van der Waals surface area (Å²) in [5, 5.41) is 17.8. The fourth-order valence-electron chi connectivity index (χ4n) is 1.33. The summed E-state index contributed by atoms with van der Waals surface area (Å²) in [5.74, 6) is -0.0741. The lowest BCUT2D eigenvalue weighted by atomic mass is 9.79. The maximum Gasteiger partial charge on any atom is 0.0705 e. The van der Waals surface area contributed by atoms with Crippen LogP contribution in [0.15, 0.2) is 0 Å². The van der Waals surface area contributed by atoms with Crippen molar-refractivity contribution in [3.63, 3.8) is 0 Å². The lowest BCUT2D eigenvalue weighted by Crippen LogP contribution is -2.19. The van der Waals surface area contributed by atoms with Crippen LogP contribution in [-0.2, 0) is 0 Å². The Morgan fingerprint density at radius 1 is 1.44 bits per heavy atom. The van der Waals surface area contributed by atoms with Gasteiger partial charge in [-0.2, -0.15) is 0 Å². The second kappa shape index (κ2) is 2.71. The Labute approximate surface area is 56.3 Å². The fourth-order valence-corrected chi connectivity index (χ4v) is 1.33. The van der Waals surface area contributed by atoms with Gasteiger partial charge in [-0.1, -0.05) is 12.2 Å². The summed E-state index contributed by atoms with van der Waals surface area (Å²) in [4.78, 5) is 0. The van der Waals surface area contributed by atoms with E-state index in [2.05, 4.69) is 0 Å². The molecule has 0 aromatic rings. The second-order valence-electron chi connectivity index (χ2n) is 2.65. The molecule has 1 saturated carbocycles. The molecule has 0 saturated heterocycles. The predicted molar refractivity (Wildman–Crippen MR) is 35.3 cm³/mol. The molecule has 2 radical (unpaired) electrons. The van der Waals surface area contributed by atoms with Crippen molar-refractivity contribution in [1.29, 1.82) is 0 Å². The lowest BCUT2D eigenvalue weighted by molar-refractivity contribution is 0.0912. The topological polar surface area (TPSA) is 40.5 Å². The van der Waals surface area contributed by atoms with Gasteiger partial charge in [0.2, 0.25) is 0 Å². The minimum Gasteiger partial charge on any atom is -0.396 e. The van der Waals surface area contributed by atoms with Gasteiger partial charge in [0, 0.05) is 12.5 Å². The van der Waals surface area contributed by atoms with Crippen molar-refractivity contribution >= 4 is 7.85 Å². The summed E-state index contributed by atoms with van der Waals surface area (Å²) < 4.78 is 0. The van der Waals surface area contributed by atoms with Crippen molar-refractivity contribution in [3.05, 3.63) is 0 Å². The van der Waals surface area contributed by atoms with Gasteiger partial charge < -0.3 is 10.2 Å². The molecule has 3 unspecified atom stereocenters. The van der Waals surface area contributed by atoms with Gasteiger partial charge in [-0.05, 0) is 6.42 Å². The highest BCUT2D eigenvalue weighted by molar-refractivity contribution is 6.12. The third-order valence-corrected chi connectivity index (χ3v) is 2.05. The van der Waals surface area contributed by atoms with E-state index in [1.807, 2.05) is 0 Å². The van der Waals surface area contributed by atoms with Gasteiger partial charge in [0.25, 0.3) is 0 Å². The number of hydrogen-bond acceptors (Lipinski definition) is 2. The van der Waals surface area contributed by atoms with Crippen LogP contribution in [0.2, 0.25) is 5.82 Å². The first-order valence-electron chi connectivity index (χ1n) is 3.30. The van der Waals surface area contributed by atoms with E-state index >= 15 is 0 Å². The maximum atomic E-state index is 9.12. The molecule has 50 valence electrons. The van der Waals surface area contributed by atoms with Crippen molar-refractivity contribution in [2.45, 2.75) is 24.8 Å². The van der Waals surface area contributed by atoms with Gasteiger partial charge in [0.1, 0.15) is 0 Å². The molecule has 9 heavy (non-hydrogen) atoms. The number of aliphatic hydroxyl groups excluding tert-OH is 2. The smallest absolute Gasteiger partial charge is 0.0705 e. The van der Waals surface area contributed by atoms with Crippen LogP contribution in [0.1, 0.15) is 12.8 Å². The van der Waals surface area contributed by atoms with Gasteiger partial charge in [-0.3, -0.25) is 0 Å².